The molecule has 2 aliphatic rings. The first kappa shape index (κ1) is 20.4. The maximum atomic E-state index is 13.5. The molecule has 0 fully saturated rings. The second-order valence-corrected chi connectivity index (χ2v) is 11.2. The van der Waals surface area contributed by atoms with E-state index < -0.39 is 16.1 Å². The predicted octanol–water partition coefficient (Wildman–Crippen LogP) is 4.06. The van der Waals surface area contributed by atoms with Crippen LogP contribution in [0.3, 0.4) is 0 Å². The number of sulfonamides is 1. The van der Waals surface area contributed by atoms with Gasteiger partial charge in [-0.05, 0) is 59.4 Å². The predicted molar refractivity (Wildman–Crippen MR) is 121 cm³/mol. The van der Waals surface area contributed by atoms with Gasteiger partial charge in [-0.15, -0.1) is 11.3 Å². The zero-order valence-corrected chi connectivity index (χ0v) is 18.7. The normalized spacial score (nSPS) is 21.2. The molecule has 0 bridgehead atoms. The van der Waals surface area contributed by atoms with E-state index in [1.54, 1.807) is 17.5 Å². The summed E-state index contributed by atoms with van der Waals surface area (Å²) in [5.74, 6) is -0.226. The van der Waals surface area contributed by atoms with Crippen LogP contribution in [0.1, 0.15) is 41.1 Å². The Labute approximate surface area is 186 Å². The zero-order valence-electron chi connectivity index (χ0n) is 17.0. The van der Waals surface area contributed by atoms with Crippen molar-refractivity contribution in [3.63, 3.8) is 0 Å². The third-order valence-electron chi connectivity index (χ3n) is 6.25. The Bertz CT molecular complexity index is 1210. The molecule has 0 spiro atoms. The monoisotopic (exact) mass is 452 g/mol. The average molecular weight is 453 g/mol. The van der Waals surface area contributed by atoms with Gasteiger partial charge in [-0.25, -0.2) is 8.42 Å². The quantitative estimate of drug-likeness (QED) is 0.649. The lowest BCUT2D eigenvalue weighted by molar-refractivity contribution is -0.126. The van der Waals surface area contributed by atoms with Crippen molar-refractivity contribution in [1.82, 2.24) is 9.62 Å². The topological polar surface area (TPSA) is 66.5 Å². The summed E-state index contributed by atoms with van der Waals surface area (Å²) in [4.78, 5) is 13.5. The van der Waals surface area contributed by atoms with Crippen LogP contribution in [0.5, 0.6) is 0 Å². The number of hydrogen-bond acceptors (Lipinski definition) is 4. The molecule has 0 radical (unpaired) electrons. The van der Waals surface area contributed by atoms with Crippen molar-refractivity contribution in [1.29, 1.82) is 0 Å². The van der Waals surface area contributed by atoms with E-state index in [9.17, 15) is 13.2 Å². The van der Waals surface area contributed by atoms with E-state index in [4.69, 9.17) is 0 Å². The minimum Gasteiger partial charge on any atom is -0.348 e. The van der Waals surface area contributed by atoms with Crippen LogP contribution in [-0.4, -0.2) is 24.7 Å². The first-order chi connectivity index (χ1) is 15.0. The van der Waals surface area contributed by atoms with Gasteiger partial charge in [0.1, 0.15) is 10.3 Å². The molecule has 5 nitrogen and oxygen atoms in total. The summed E-state index contributed by atoms with van der Waals surface area (Å²) in [7, 11) is -3.77. The van der Waals surface area contributed by atoms with Gasteiger partial charge in [0.2, 0.25) is 5.91 Å². The number of carbonyl (C=O) groups is 1. The Hall–Kier alpha value is -2.48. The SMILES string of the molecule is O=C(N[C@@H]1CCCc2ccccc21)[C@H]1Cc2ccccc2CN1S(=O)(=O)c1cccs1. The molecule has 2 atom stereocenters. The van der Waals surface area contributed by atoms with Gasteiger partial charge in [-0.2, -0.15) is 4.31 Å². The molecule has 1 aliphatic heterocycles. The van der Waals surface area contributed by atoms with Crippen LogP contribution in [0.4, 0.5) is 0 Å². The maximum absolute atomic E-state index is 13.5. The van der Waals surface area contributed by atoms with Crippen molar-refractivity contribution in [2.75, 3.05) is 0 Å². The van der Waals surface area contributed by atoms with Crippen LogP contribution in [0.25, 0.3) is 0 Å². The lowest BCUT2D eigenvalue weighted by atomic mass is 9.87. The largest absolute Gasteiger partial charge is 0.348 e. The van der Waals surface area contributed by atoms with Gasteiger partial charge in [-0.3, -0.25) is 4.79 Å². The summed E-state index contributed by atoms with van der Waals surface area (Å²) in [6.07, 6.45) is 3.26. The highest BCUT2D eigenvalue weighted by atomic mass is 32.2. The summed E-state index contributed by atoms with van der Waals surface area (Å²) in [5.41, 5.74) is 4.39. The number of hydrogen-bond donors (Lipinski definition) is 1. The van der Waals surface area contributed by atoms with Gasteiger partial charge < -0.3 is 5.32 Å². The Morgan fingerprint density at radius 1 is 0.968 bits per heavy atom. The number of rotatable bonds is 4. The third-order valence-corrected chi connectivity index (χ3v) is 9.48. The van der Waals surface area contributed by atoms with E-state index in [1.165, 1.54) is 21.2 Å². The standard InChI is InChI=1S/C24H24N2O3S2/c27-24(25-21-12-5-10-17-7-3-4-11-20(17)21)22-15-18-8-1-2-9-19(18)16-26(22)31(28,29)23-13-6-14-30-23/h1-4,6-9,11,13-14,21-22H,5,10,12,15-16H2,(H,25,27)/t21-,22-/m1/s1. The second-order valence-electron chi connectivity index (χ2n) is 8.12. The van der Waals surface area contributed by atoms with E-state index >= 15 is 0 Å². The highest BCUT2D eigenvalue weighted by molar-refractivity contribution is 7.91. The molecule has 2 heterocycles. The van der Waals surface area contributed by atoms with Crippen molar-refractivity contribution in [2.24, 2.45) is 0 Å². The fourth-order valence-corrected chi connectivity index (χ4v) is 7.36. The molecule has 0 unspecified atom stereocenters. The molecular weight excluding hydrogens is 428 g/mol. The van der Waals surface area contributed by atoms with Crippen LogP contribution >= 0.6 is 11.3 Å². The molecule has 1 aliphatic carbocycles. The Morgan fingerprint density at radius 3 is 2.48 bits per heavy atom. The highest BCUT2D eigenvalue weighted by Gasteiger charge is 2.40. The summed E-state index contributed by atoms with van der Waals surface area (Å²) in [6, 6.07) is 18.5. The minimum atomic E-state index is -3.77. The van der Waals surface area contributed by atoms with Crippen LogP contribution in [0, 0.1) is 0 Å². The van der Waals surface area contributed by atoms with Gasteiger partial charge in [0, 0.05) is 6.54 Å². The van der Waals surface area contributed by atoms with Gasteiger partial charge in [0.05, 0.1) is 6.04 Å². The number of nitrogens with one attached hydrogen (secondary N) is 1. The van der Waals surface area contributed by atoms with Crippen molar-refractivity contribution in [3.8, 4) is 0 Å². The van der Waals surface area contributed by atoms with Gasteiger partial charge >= 0.3 is 0 Å². The molecule has 5 rings (SSSR count). The first-order valence-electron chi connectivity index (χ1n) is 10.5. The van der Waals surface area contributed by atoms with Gasteiger partial charge in [0.25, 0.3) is 10.0 Å². The molecule has 3 aromatic rings. The summed E-state index contributed by atoms with van der Waals surface area (Å²) in [6.45, 7) is 0.204. The second kappa shape index (κ2) is 8.22. The molecule has 0 saturated carbocycles. The highest BCUT2D eigenvalue weighted by Crippen LogP contribution is 2.33. The molecule has 31 heavy (non-hydrogen) atoms. The fraction of sp³-hybridized carbons (Fsp3) is 0.292. The number of fused-ring (bicyclic) bond motifs is 2. The van der Waals surface area contributed by atoms with Crippen LogP contribution in [0.2, 0.25) is 0 Å². The fourth-order valence-electron chi connectivity index (χ4n) is 4.67. The van der Waals surface area contributed by atoms with Crippen LogP contribution < -0.4 is 5.32 Å². The number of benzene rings is 2. The van der Waals surface area contributed by atoms with Crippen molar-refractivity contribution >= 4 is 27.3 Å². The van der Waals surface area contributed by atoms with Crippen molar-refractivity contribution < 1.29 is 13.2 Å². The zero-order chi connectivity index (χ0) is 21.4. The van der Waals surface area contributed by atoms with Crippen molar-refractivity contribution in [2.45, 2.75) is 48.5 Å². The molecular formula is C24H24N2O3S2. The molecule has 0 saturated heterocycles. The van der Waals surface area contributed by atoms with Crippen LogP contribution in [-0.2, 0) is 34.2 Å². The molecule has 1 aromatic heterocycles. The maximum Gasteiger partial charge on any atom is 0.253 e. The number of aryl methyl sites for hydroxylation is 1. The number of nitrogens with zero attached hydrogens (tertiary/aromatic N) is 1. The van der Waals surface area contributed by atoms with E-state index in [0.29, 0.717) is 6.42 Å². The Balaban J connectivity index is 1.48. The van der Waals surface area contributed by atoms with Crippen molar-refractivity contribution in [3.05, 3.63) is 88.3 Å². The third kappa shape index (κ3) is 3.82. The average Bonchev–Trinajstić information content (AvgIpc) is 3.34. The summed E-state index contributed by atoms with van der Waals surface area (Å²) >= 11 is 1.18. The molecule has 2 aromatic carbocycles. The first-order valence-corrected chi connectivity index (χ1v) is 12.9. The van der Waals surface area contributed by atoms with Crippen LogP contribution in [0.15, 0.2) is 70.3 Å². The lowest BCUT2D eigenvalue weighted by Crippen LogP contribution is -2.53. The Kier molecular flexibility index (Phi) is 5.42. The smallest absolute Gasteiger partial charge is 0.253 e. The van der Waals surface area contributed by atoms with Gasteiger partial charge in [0.15, 0.2) is 0 Å². The number of thiophene rings is 1. The number of carbonyl (C=O) groups excluding carboxylic acids is 1. The Morgan fingerprint density at radius 2 is 1.71 bits per heavy atom. The minimum absolute atomic E-state index is 0.0825. The van der Waals surface area contributed by atoms with E-state index in [-0.39, 0.29) is 22.7 Å². The summed E-state index contributed by atoms with van der Waals surface area (Å²) in [5, 5.41) is 4.93. The molecule has 7 heteroatoms. The van der Waals surface area contributed by atoms with E-state index in [1.807, 2.05) is 36.4 Å². The van der Waals surface area contributed by atoms with E-state index in [0.717, 1.165) is 36.0 Å². The van der Waals surface area contributed by atoms with Gasteiger partial charge in [-0.1, -0.05) is 54.6 Å². The lowest BCUT2D eigenvalue weighted by Gasteiger charge is -2.36. The molecule has 160 valence electrons. The number of amides is 1. The molecule has 1 N–H and O–H groups in total. The van der Waals surface area contributed by atoms with E-state index in [2.05, 4.69) is 17.4 Å². The summed E-state index contributed by atoms with van der Waals surface area (Å²) < 4.78 is 28.5. The molecule has 1 amide bonds.